The molecule has 0 aliphatic rings. The molecule has 2 aromatic carbocycles. The van der Waals surface area contributed by atoms with Crippen molar-refractivity contribution < 1.29 is 32.6 Å². The van der Waals surface area contributed by atoms with E-state index in [1.165, 1.54) is 19.1 Å². The zero-order chi connectivity index (χ0) is 30.3. The Hall–Kier alpha value is -4.48. The molecule has 220 valence electrons. The first-order valence-electron chi connectivity index (χ1n) is 13.1. The number of pyridine rings is 1. The average molecular weight is 574 g/mol. The summed E-state index contributed by atoms with van der Waals surface area (Å²) in [4.78, 5) is 32.4. The number of phenolic OH excluding ortho intramolecular Hbond substituents is 1. The fourth-order valence-electron chi connectivity index (χ4n) is 3.97. The number of aromatic hydroxyl groups is 1. The van der Waals surface area contributed by atoms with Gasteiger partial charge in [0.1, 0.15) is 17.3 Å². The van der Waals surface area contributed by atoms with Gasteiger partial charge in [-0.25, -0.2) is 4.98 Å². The topological polar surface area (TPSA) is 107 Å². The van der Waals surface area contributed by atoms with E-state index in [0.717, 1.165) is 12.1 Å². The zero-order valence-electron chi connectivity index (χ0n) is 23.5. The van der Waals surface area contributed by atoms with Gasteiger partial charge in [-0.15, -0.1) is 0 Å². The van der Waals surface area contributed by atoms with Crippen LogP contribution in [0.25, 0.3) is 0 Å². The Morgan fingerprint density at radius 2 is 1.66 bits per heavy atom. The molecule has 3 rings (SSSR count). The normalized spacial score (nSPS) is 11.2. The molecule has 0 spiro atoms. The molecule has 0 aliphatic carbocycles. The minimum absolute atomic E-state index is 0.0242. The van der Waals surface area contributed by atoms with Gasteiger partial charge >= 0.3 is 12.1 Å². The molecular weight excluding hydrogens is 539 g/mol. The highest BCUT2D eigenvalue weighted by atomic mass is 19.4. The molecular formula is C29H34F3N5O4. The number of nitrogens with zero attached hydrogens (tertiary/aromatic N) is 3. The van der Waals surface area contributed by atoms with Crippen LogP contribution >= 0.6 is 0 Å². The smallest absolute Gasteiger partial charge is 0.472 e. The summed E-state index contributed by atoms with van der Waals surface area (Å²) < 4.78 is 47.6. The van der Waals surface area contributed by atoms with Crippen molar-refractivity contribution >= 4 is 40.4 Å². The Balaban J connectivity index is 2.16. The average Bonchev–Trinajstić information content (AvgIpc) is 2.92. The first-order chi connectivity index (χ1) is 19.4. The van der Waals surface area contributed by atoms with Crippen LogP contribution in [0.4, 0.5) is 41.7 Å². The number of aromatic nitrogens is 1. The summed E-state index contributed by atoms with van der Waals surface area (Å²) in [6, 6.07) is 13.9. The number of halogens is 3. The van der Waals surface area contributed by atoms with Gasteiger partial charge in [-0.3, -0.25) is 14.5 Å². The number of amides is 2. The summed E-state index contributed by atoms with van der Waals surface area (Å²) in [6.45, 7) is 9.64. The van der Waals surface area contributed by atoms with E-state index in [2.05, 4.69) is 15.6 Å². The van der Waals surface area contributed by atoms with Crippen molar-refractivity contribution in [1.82, 2.24) is 4.98 Å². The van der Waals surface area contributed by atoms with Gasteiger partial charge in [0.15, 0.2) is 6.73 Å². The quantitative estimate of drug-likeness (QED) is 0.185. The number of carbonyl (C=O) groups excluding carboxylic acids is 2. The van der Waals surface area contributed by atoms with Crippen molar-refractivity contribution in [3.8, 4) is 11.5 Å². The van der Waals surface area contributed by atoms with Crippen LogP contribution in [-0.2, 0) is 9.59 Å². The molecule has 0 atom stereocenters. The third kappa shape index (κ3) is 7.59. The number of anilines is 5. The van der Waals surface area contributed by atoms with Crippen LogP contribution in [0.3, 0.4) is 0 Å². The van der Waals surface area contributed by atoms with Crippen LogP contribution in [0.15, 0.2) is 54.6 Å². The lowest BCUT2D eigenvalue weighted by atomic mass is 10.1. The molecule has 0 fully saturated rings. The third-order valence-electron chi connectivity index (χ3n) is 6.20. The Morgan fingerprint density at radius 1 is 1.00 bits per heavy atom. The lowest BCUT2D eigenvalue weighted by Gasteiger charge is -2.29. The first-order valence-corrected chi connectivity index (χ1v) is 13.1. The van der Waals surface area contributed by atoms with Crippen molar-refractivity contribution in [1.29, 1.82) is 0 Å². The van der Waals surface area contributed by atoms with E-state index in [1.807, 2.05) is 18.7 Å². The number of benzene rings is 2. The van der Waals surface area contributed by atoms with Gasteiger partial charge in [-0.1, -0.05) is 32.0 Å². The Labute approximate surface area is 236 Å². The van der Waals surface area contributed by atoms with Crippen LogP contribution in [0.2, 0.25) is 0 Å². The summed E-state index contributed by atoms with van der Waals surface area (Å²) in [7, 11) is 0. The van der Waals surface area contributed by atoms with Crippen LogP contribution in [0.5, 0.6) is 11.5 Å². The summed E-state index contributed by atoms with van der Waals surface area (Å²) >= 11 is 0. The fourth-order valence-corrected chi connectivity index (χ4v) is 3.97. The second-order valence-electron chi connectivity index (χ2n) is 9.39. The van der Waals surface area contributed by atoms with Gasteiger partial charge in [0.2, 0.25) is 5.91 Å². The van der Waals surface area contributed by atoms with Crippen LogP contribution in [0.1, 0.15) is 33.4 Å². The van der Waals surface area contributed by atoms with Gasteiger partial charge < -0.3 is 25.4 Å². The molecule has 3 N–H and O–H groups in total. The van der Waals surface area contributed by atoms with Crippen molar-refractivity contribution in [3.05, 3.63) is 60.3 Å². The number of hydrogen-bond donors (Lipinski definition) is 3. The van der Waals surface area contributed by atoms with Crippen LogP contribution in [-0.4, -0.2) is 47.9 Å². The van der Waals surface area contributed by atoms with E-state index in [4.69, 9.17) is 4.74 Å². The van der Waals surface area contributed by atoms with E-state index in [1.54, 1.807) is 44.2 Å². The maximum absolute atomic E-state index is 14.0. The number of carbonyl (C=O) groups is 2. The molecule has 0 radical (unpaired) electrons. The van der Waals surface area contributed by atoms with E-state index in [-0.39, 0.29) is 40.9 Å². The van der Waals surface area contributed by atoms with Gasteiger partial charge in [0.25, 0.3) is 0 Å². The van der Waals surface area contributed by atoms with Crippen molar-refractivity contribution in [2.24, 2.45) is 5.92 Å². The molecule has 0 unspecified atom stereocenters. The summed E-state index contributed by atoms with van der Waals surface area (Å²) in [5.74, 6) is -2.58. The molecule has 0 saturated carbocycles. The summed E-state index contributed by atoms with van der Waals surface area (Å²) in [5.41, 5.74) is -0.519. The second-order valence-corrected chi connectivity index (χ2v) is 9.39. The number of phenols is 1. The van der Waals surface area contributed by atoms with Crippen LogP contribution in [0, 0.1) is 12.8 Å². The number of alkyl halides is 3. The van der Waals surface area contributed by atoms with Gasteiger partial charge in [0.05, 0.1) is 28.4 Å². The Kier molecular flexibility index (Phi) is 10.0. The molecule has 0 aliphatic heterocycles. The van der Waals surface area contributed by atoms with E-state index in [0.29, 0.717) is 29.6 Å². The number of rotatable bonds is 11. The molecule has 1 heterocycles. The number of para-hydroxylation sites is 1. The number of aryl methyl sites for hydroxylation is 1. The van der Waals surface area contributed by atoms with Crippen LogP contribution < -0.4 is 25.2 Å². The van der Waals surface area contributed by atoms with Gasteiger partial charge in [-0.05, 0) is 51.1 Å². The maximum atomic E-state index is 14.0. The molecule has 2 amide bonds. The Bertz CT molecular complexity index is 1360. The predicted octanol–water partition coefficient (Wildman–Crippen LogP) is 6.21. The largest absolute Gasteiger partial charge is 0.506 e. The molecule has 41 heavy (non-hydrogen) atoms. The number of nitrogens with one attached hydrogen (secondary N) is 2. The molecule has 3 aromatic rings. The molecule has 0 bridgehead atoms. The lowest BCUT2D eigenvalue weighted by Crippen LogP contribution is -2.39. The minimum atomic E-state index is -5.27. The SMILES string of the molecule is CCN(CC)c1ccc(N(C(=O)C(F)(F)F)c2cc(NCOc3ccccc3)c(O)cc2NC(=O)C(C)C)c(C)n1. The molecule has 1 aromatic heterocycles. The first kappa shape index (κ1) is 31.1. The highest BCUT2D eigenvalue weighted by Crippen LogP contribution is 2.42. The van der Waals surface area contributed by atoms with Crippen molar-refractivity contribution in [2.75, 3.05) is 40.3 Å². The predicted molar refractivity (Wildman–Crippen MR) is 153 cm³/mol. The summed E-state index contributed by atoms with van der Waals surface area (Å²) in [5, 5.41) is 16.1. The van der Waals surface area contributed by atoms with Crippen molar-refractivity contribution in [2.45, 2.75) is 40.8 Å². The summed E-state index contributed by atoms with van der Waals surface area (Å²) in [6.07, 6.45) is -5.27. The molecule has 9 nitrogen and oxygen atoms in total. The zero-order valence-corrected chi connectivity index (χ0v) is 23.5. The van der Waals surface area contributed by atoms with E-state index >= 15 is 0 Å². The highest BCUT2D eigenvalue weighted by Gasteiger charge is 2.45. The number of ether oxygens (including phenoxy) is 1. The molecule has 0 saturated heterocycles. The Morgan fingerprint density at radius 3 is 2.22 bits per heavy atom. The minimum Gasteiger partial charge on any atom is -0.506 e. The highest BCUT2D eigenvalue weighted by molar-refractivity contribution is 6.09. The van der Waals surface area contributed by atoms with Gasteiger partial charge in [-0.2, -0.15) is 13.2 Å². The third-order valence-corrected chi connectivity index (χ3v) is 6.20. The maximum Gasteiger partial charge on any atom is 0.472 e. The molecule has 12 heteroatoms. The monoisotopic (exact) mass is 573 g/mol. The standard InChI is InChI=1S/C29H34F3N5O4/c1-6-36(7-2)26-14-13-23(19(5)34-26)37(28(40)29(30,31)32)24-15-22(33-17-41-20-11-9-8-10-12-20)25(38)16-21(24)35-27(39)18(3)4/h8-16,18,33,38H,6-7,17H2,1-5H3,(H,35,39). The van der Waals surface area contributed by atoms with E-state index in [9.17, 15) is 27.9 Å². The van der Waals surface area contributed by atoms with E-state index < -0.39 is 23.9 Å². The van der Waals surface area contributed by atoms with Crippen molar-refractivity contribution in [3.63, 3.8) is 0 Å². The number of hydrogen-bond acceptors (Lipinski definition) is 7. The van der Waals surface area contributed by atoms with Gasteiger partial charge in [0, 0.05) is 25.1 Å². The second kappa shape index (κ2) is 13.2. The fraction of sp³-hybridized carbons (Fsp3) is 0.345. The lowest BCUT2D eigenvalue weighted by molar-refractivity contribution is -0.169.